The Morgan fingerprint density at radius 2 is 2.00 bits per heavy atom. The van der Waals surface area contributed by atoms with Crippen LogP contribution >= 0.6 is 0 Å². The molecule has 0 aromatic rings. The molecule has 0 aromatic heterocycles. The molecule has 0 amide bonds. The lowest BCUT2D eigenvalue weighted by Crippen LogP contribution is -2.63. The van der Waals surface area contributed by atoms with Crippen LogP contribution in [0, 0.1) is 0 Å². The molecule has 0 bridgehead atoms. The van der Waals surface area contributed by atoms with E-state index >= 15 is 0 Å². The molecule has 1 saturated heterocycles. The SMILES string of the molecule is COC1(COC(C)C)CN(C)C1. The van der Waals surface area contributed by atoms with Gasteiger partial charge in [-0.25, -0.2) is 0 Å². The zero-order chi connectivity index (χ0) is 9.19. The van der Waals surface area contributed by atoms with E-state index in [0.29, 0.717) is 12.7 Å². The maximum Gasteiger partial charge on any atom is 0.116 e. The average molecular weight is 173 g/mol. The van der Waals surface area contributed by atoms with E-state index in [-0.39, 0.29) is 5.60 Å². The molecular formula is C9H19NO2. The van der Waals surface area contributed by atoms with Crippen molar-refractivity contribution in [1.29, 1.82) is 0 Å². The van der Waals surface area contributed by atoms with E-state index in [1.165, 1.54) is 0 Å². The number of ether oxygens (including phenoxy) is 2. The standard InChI is InChI=1S/C9H19NO2/c1-8(2)12-7-9(11-4)5-10(3)6-9/h8H,5-7H2,1-4H3. The third-order valence-corrected chi connectivity index (χ3v) is 2.23. The Morgan fingerprint density at radius 3 is 2.33 bits per heavy atom. The molecule has 0 spiro atoms. The number of likely N-dealkylation sites (N-methyl/N-ethyl adjacent to an activating group) is 1. The first-order valence-corrected chi connectivity index (χ1v) is 4.43. The summed E-state index contributed by atoms with van der Waals surface area (Å²) in [6.45, 7) is 6.77. The summed E-state index contributed by atoms with van der Waals surface area (Å²) in [5.74, 6) is 0. The normalized spacial score (nSPS) is 22.8. The van der Waals surface area contributed by atoms with Crippen LogP contribution in [0.15, 0.2) is 0 Å². The number of nitrogens with zero attached hydrogens (tertiary/aromatic N) is 1. The van der Waals surface area contributed by atoms with Crippen LogP contribution in [-0.4, -0.2) is 50.5 Å². The van der Waals surface area contributed by atoms with Crippen molar-refractivity contribution in [2.75, 3.05) is 33.9 Å². The van der Waals surface area contributed by atoms with Crippen LogP contribution in [-0.2, 0) is 9.47 Å². The highest BCUT2D eigenvalue weighted by Crippen LogP contribution is 2.23. The zero-order valence-corrected chi connectivity index (χ0v) is 8.46. The Bertz CT molecular complexity index is 141. The monoisotopic (exact) mass is 173 g/mol. The summed E-state index contributed by atoms with van der Waals surface area (Å²) in [6.07, 6.45) is 0.294. The summed E-state index contributed by atoms with van der Waals surface area (Å²) >= 11 is 0. The number of methoxy groups -OCH3 is 1. The fourth-order valence-corrected chi connectivity index (χ4v) is 1.54. The third kappa shape index (κ3) is 2.19. The van der Waals surface area contributed by atoms with Gasteiger partial charge >= 0.3 is 0 Å². The van der Waals surface area contributed by atoms with Crippen LogP contribution in [0.2, 0.25) is 0 Å². The lowest BCUT2D eigenvalue weighted by atomic mass is 9.96. The van der Waals surface area contributed by atoms with Gasteiger partial charge < -0.3 is 14.4 Å². The quantitative estimate of drug-likeness (QED) is 0.626. The van der Waals surface area contributed by atoms with Crippen molar-refractivity contribution in [3.05, 3.63) is 0 Å². The van der Waals surface area contributed by atoms with Gasteiger partial charge in [-0.2, -0.15) is 0 Å². The summed E-state index contributed by atoms with van der Waals surface area (Å²) < 4.78 is 11.0. The average Bonchev–Trinajstić information content (AvgIpc) is 1.95. The molecule has 0 saturated carbocycles. The maximum absolute atomic E-state index is 5.54. The van der Waals surface area contributed by atoms with E-state index in [4.69, 9.17) is 9.47 Å². The van der Waals surface area contributed by atoms with Crippen LogP contribution in [0.1, 0.15) is 13.8 Å². The first kappa shape index (κ1) is 9.96. The highest BCUT2D eigenvalue weighted by Gasteiger charge is 2.41. The highest BCUT2D eigenvalue weighted by molar-refractivity contribution is 4.95. The van der Waals surface area contributed by atoms with Gasteiger partial charge in [-0.1, -0.05) is 0 Å². The first-order valence-electron chi connectivity index (χ1n) is 4.43. The smallest absolute Gasteiger partial charge is 0.116 e. The summed E-state index contributed by atoms with van der Waals surface area (Å²) in [4.78, 5) is 2.23. The fraction of sp³-hybridized carbons (Fsp3) is 1.00. The van der Waals surface area contributed by atoms with E-state index in [1.54, 1.807) is 7.11 Å². The second-order valence-electron chi connectivity index (χ2n) is 3.92. The van der Waals surface area contributed by atoms with Crippen LogP contribution in [0.3, 0.4) is 0 Å². The van der Waals surface area contributed by atoms with Crippen molar-refractivity contribution < 1.29 is 9.47 Å². The molecule has 1 aliphatic heterocycles. The molecule has 1 fully saturated rings. The van der Waals surface area contributed by atoms with E-state index in [9.17, 15) is 0 Å². The molecule has 0 aromatic carbocycles. The van der Waals surface area contributed by atoms with Gasteiger partial charge in [0.1, 0.15) is 5.60 Å². The molecular weight excluding hydrogens is 154 g/mol. The molecule has 1 heterocycles. The van der Waals surface area contributed by atoms with Crippen molar-refractivity contribution in [2.45, 2.75) is 25.6 Å². The number of rotatable bonds is 4. The lowest BCUT2D eigenvalue weighted by Gasteiger charge is -2.47. The third-order valence-electron chi connectivity index (χ3n) is 2.23. The van der Waals surface area contributed by atoms with Crippen LogP contribution in [0.25, 0.3) is 0 Å². The van der Waals surface area contributed by atoms with Crippen molar-refractivity contribution >= 4 is 0 Å². The molecule has 0 atom stereocenters. The van der Waals surface area contributed by atoms with Crippen LogP contribution in [0.5, 0.6) is 0 Å². The summed E-state index contributed by atoms with van der Waals surface area (Å²) in [7, 11) is 3.85. The van der Waals surface area contributed by atoms with E-state index in [1.807, 2.05) is 13.8 Å². The minimum Gasteiger partial charge on any atom is -0.376 e. The second kappa shape index (κ2) is 3.73. The van der Waals surface area contributed by atoms with Crippen molar-refractivity contribution in [2.24, 2.45) is 0 Å². The van der Waals surface area contributed by atoms with Gasteiger partial charge in [0.15, 0.2) is 0 Å². The molecule has 72 valence electrons. The van der Waals surface area contributed by atoms with Gasteiger partial charge in [0.2, 0.25) is 0 Å². The van der Waals surface area contributed by atoms with Gasteiger partial charge in [0.25, 0.3) is 0 Å². The summed E-state index contributed by atoms with van der Waals surface area (Å²) in [6, 6.07) is 0. The van der Waals surface area contributed by atoms with Gasteiger partial charge in [0, 0.05) is 20.2 Å². The Hall–Kier alpha value is -0.120. The lowest BCUT2D eigenvalue weighted by molar-refractivity contribution is -0.160. The second-order valence-corrected chi connectivity index (χ2v) is 3.92. The number of likely N-dealkylation sites (tertiary alicyclic amines) is 1. The molecule has 0 N–H and O–H groups in total. The van der Waals surface area contributed by atoms with E-state index in [0.717, 1.165) is 13.1 Å². The Labute approximate surface area is 74.6 Å². The van der Waals surface area contributed by atoms with Gasteiger partial charge in [-0.15, -0.1) is 0 Å². The Morgan fingerprint density at radius 1 is 1.42 bits per heavy atom. The van der Waals surface area contributed by atoms with Gasteiger partial charge in [-0.05, 0) is 20.9 Å². The predicted octanol–water partition coefficient (Wildman–Crippen LogP) is 0.742. The Kier molecular flexibility index (Phi) is 3.09. The largest absolute Gasteiger partial charge is 0.376 e. The van der Waals surface area contributed by atoms with E-state index < -0.39 is 0 Å². The topological polar surface area (TPSA) is 21.7 Å². The molecule has 12 heavy (non-hydrogen) atoms. The number of hydrogen-bond acceptors (Lipinski definition) is 3. The van der Waals surface area contributed by atoms with Crippen molar-refractivity contribution in [3.8, 4) is 0 Å². The fourth-order valence-electron chi connectivity index (χ4n) is 1.54. The minimum atomic E-state index is -0.0288. The van der Waals surface area contributed by atoms with E-state index in [2.05, 4.69) is 11.9 Å². The van der Waals surface area contributed by atoms with Crippen LogP contribution in [0.4, 0.5) is 0 Å². The summed E-state index contributed by atoms with van der Waals surface area (Å²) in [5, 5.41) is 0. The Balaban J connectivity index is 2.27. The zero-order valence-electron chi connectivity index (χ0n) is 8.46. The molecule has 3 nitrogen and oxygen atoms in total. The summed E-state index contributed by atoms with van der Waals surface area (Å²) in [5.41, 5.74) is -0.0288. The molecule has 0 unspecified atom stereocenters. The molecule has 1 aliphatic rings. The molecule has 0 radical (unpaired) electrons. The minimum absolute atomic E-state index is 0.0288. The van der Waals surface area contributed by atoms with Gasteiger partial charge in [0.05, 0.1) is 12.7 Å². The van der Waals surface area contributed by atoms with Crippen LogP contribution < -0.4 is 0 Å². The predicted molar refractivity (Wildman–Crippen MR) is 48.3 cm³/mol. The van der Waals surface area contributed by atoms with Crippen molar-refractivity contribution in [1.82, 2.24) is 4.90 Å². The molecule has 3 heteroatoms. The maximum atomic E-state index is 5.54. The number of hydrogen-bond donors (Lipinski definition) is 0. The molecule has 0 aliphatic carbocycles. The first-order chi connectivity index (χ1) is 5.58. The highest BCUT2D eigenvalue weighted by atomic mass is 16.5. The van der Waals surface area contributed by atoms with Gasteiger partial charge in [-0.3, -0.25) is 0 Å². The van der Waals surface area contributed by atoms with Crippen molar-refractivity contribution in [3.63, 3.8) is 0 Å². The molecule has 1 rings (SSSR count).